The number of hydrogen-bond donors (Lipinski definition) is 1. The van der Waals surface area contributed by atoms with E-state index >= 15 is 0 Å². The van der Waals surface area contributed by atoms with E-state index in [0.717, 1.165) is 30.3 Å². The first-order valence-corrected chi connectivity index (χ1v) is 18.7. The second-order valence-corrected chi connectivity index (χ2v) is 10.9. The van der Waals surface area contributed by atoms with Crippen molar-refractivity contribution in [3.8, 4) is 0 Å². The molecule has 1 fully saturated rings. The summed E-state index contributed by atoms with van der Waals surface area (Å²) < 4.78 is 0. The van der Waals surface area contributed by atoms with Crippen LogP contribution in [0.25, 0.3) is 0 Å². The highest BCUT2D eigenvalue weighted by Crippen LogP contribution is 2.35. The van der Waals surface area contributed by atoms with E-state index < -0.39 is 0 Å². The van der Waals surface area contributed by atoms with E-state index in [4.69, 9.17) is 0 Å². The molecule has 1 aromatic heterocycles. The van der Waals surface area contributed by atoms with Gasteiger partial charge in [0.1, 0.15) is 0 Å². The Balaban J connectivity index is -0.000000114. The third-order valence-corrected chi connectivity index (χ3v) is 7.09. The van der Waals surface area contributed by atoms with Crippen molar-refractivity contribution in [3.05, 3.63) is 53.6 Å². The summed E-state index contributed by atoms with van der Waals surface area (Å²) in [6, 6.07) is 2.03. The number of likely N-dealkylation sites (tertiary alicyclic amines) is 1. The van der Waals surface area contributed by atoms with E-state index in [2.05, 4.69) is 76.8 Å². The number of allylic oxidation sites excluding steroid dienone is 2. The van der Waals surface area contributed by atoms with Gasteiger partial charge in [0.25, 0.3) is 0 Å². The summed E-state index contributed by atoms with van der Waals surface area (Å²) in [5.41, 5.74) is 6.62. The first-order valence-electron chi connectivity index (χ1n) is 18.7. The second kappa shape index (κ2) is 41.2. The van der Waals surface area contributed by atoms with Crippen molar-refractivity contribution in [2.24, 2.45) is 11.3 Å². The Hall–Kier alpha value is -1.77. The van der Waals surface area contributed by atoms with Gasteiger partial charge in [0.2, 0.25) is 0 Å². The number of aromatic nitrogens is 1. The van der Waals surface area contributed by atoms with Gasteiger partial charge >= 0.3 is 0 Å². The van der Waals surface area contributed by atoms with Crippen LogP contribution in [0.1, 0.15) is 179 Å². The maximum atomic E-state index is 4.14. The van der Waals surface area contributed by atoms with Gasteiger partial charge < -0.3 is 10.2 Å². The third-order valence-electron chi connectivity index (χ3n) is 7.09. The predicted octanol–water partition coefficient (Wildman–Crippen LogP) is 13.9. The van der Waals surface area contributed by atoms with Crippen LogP contribution >= 0.6 is 0 Å². The molecule has 1 aromatic rings. The number of rotatable bonds is 10. The average Bonchev–Trinajstić information content (AvgIpc) is 3.05. The number of nitrogens with one attached hydrogen (secondary N) is 1. The normalized spacial score (nSPS) is 11.9. The fourth-order valence-electron chi connectivity index (χ4n) is 3.98. The zero-order valence-electron chi connectivity index (χ0n) is 34.3. The van der Waals surface area contributed by atoms with Crippen LogP contribution in [-0.4, -0.2) is 29.5 Å². The maximum absolute atomic E-state index is 4.14. The van der Waals surface area contributed by atoms with Gasteiger partial charge in [0.05, 0.1) is 0 Å². The van der Waals surface area contributed by atoms with Crippen molar-refractivity contribution >= 4 is 0 Å². The van der Waals surface area contributed by atoms with Crippen LogP contribution in [0.5, 0.6) is 0 Å². The largest absolute Gasteiger partial charge is 0.389 e. The molecule has 0 atom stereocenters. The Morgan fingerprint density at radius 3 is 1.70 bits per heavy atom. The summed E-state index contributed by atoms with van der Waals surface area (Å²) in [6.07, 6.45) is 12.3. The van der Waals surface area contributed by atoms with E-state index in [1.54, 1.807) is 0 Å². The monoisotopic (exact) mass is 622 g/mol. The lowest BCUT2D eigenvalue weighted by Gasteiger charge is -2.41. The number of hydrogen-bond acceptors (Lipinski definition) is 3. The maximum Gasteiger partial charge on any atom is 0.0404 e. The molecule has 2 rings (SSSR count). The van der Waals surface area contributed by atoms with Crippen molar-refractivity contribution in [1.82, 2.24) is 15.2 Å². The number of aryl methyl sites for hydroxylation is 2. The number of unbranched alkanes of at least 4 members (excludes halogenated alkanes) is 2. The Kier molecular flexibility index (Phi) is 51.2. The highest BCUT2D eigenvalue weighted by Gasteiger charge is 2.29. The molecule has 1 aliphatic heterocycles. The van der Waals surface area contributed by atoms with Crippen molar-refractivity contribution in [2.45, 2.75) is 183 Å². The zero-order chi connectivity index (χ0) is 36.1. The van der Waals surface area contributed by atoms with Gasteiger partial charge in [-0.25, -0.2) is 0 Å². The summed E-state index contributed by atoms with van der Waals surface area (Å²) in [4.78, 5) is 6.59. The standard InChI is InChI=1S/C15H28N2.C8H11N.C8H18.5C2H6/c1-6-14(4)17-11-8-15(5,9-12-17)7-10-16-13(2)3;1-6-4-5-9-8(3)7(6)2;1-4-5-6-7-8(2)3;5*1-2/h16H,2,4,6-12H2,1,3,5H3;4-5H,1-3H3;8H,4-7H2,1-3H3;5*1-2H3. The molecule has 1 N–H and O–H groups in total. The minimum absolute atomic E-state index is 0.493. The molecule has 0 bridgehead atoms. The Labute approximate surface area is 282 Å². The molecule has 0 aliphatic carbocycles. The first-order chi connectivity index (χ1) is 21.0. The molecule has 0 spiro atoms. The molecule has 1 saturated heterocycles. The van der Waals surface area contributed by atoms with Crippen LogP contribution in [0, 0.1) is 32.1 Å². The molecule has 0 radical (unpaired) electrons. The number of piperidine rings is 1. The highest BCUT2D eigenvalue weighted by molar-refractivity contribution is 5.25. The first kappa shape index (κ1) is 54.7. The molecule has 0 amide bonds. The third kappa shape index (κ3) is 34.7. The molecule has 266 valence electrons. The summed E-state index contributed by atoms with van der Waals surface area (Å²) in [5, 5.41) is 3.34. The van der Waals surface area contributed by atoms with Crippen LogP contribution in [0.3, 0.4) is 0 Å². The smallest absolute Gasteiger partial charge is 0.0404 e. The van der Waals surface area contributed by atoms with Crippen LogP contribution in [-0.2, 0) is 0 Å². The molecule has 3 nitrogen and oxygen atoms in total. The number of nitrogens with zero attached hydrogens (tertiary/aromatic N) is 2. The molecule has 2 heterocycles. The van der Waals surface area contributed by atoms with Crippen molar-refractivity contribution < 1.29 is 0 Å². The van der Waals surface area contributed by atoms with Crippen LogP contribution in [0.4, 0.5) is 0 Å². The fourth-order valence-corrected chi connectivity index (χ4v) is 3.98. The van der Waals surface area contributed by atoms with Gasteiger partial charge in [-0.05, 0) is 81.9 Å². The van der Waals surface area contributed by atoms with Crippen molar-refractivity contribution in [1.29, 1.82) is 0 Å². The molecular formula is C41H87N3. The molecule has 0 aromatic carbocycles. The predicted molar refractivity (Wildman–Crippen MR) is 210 cm³/mol. The lowest BCUT2D eigenvalue weighted by molar-refractivity contribution is 0.133. The summed E-state index contributed by atoms with van der Waals surface area (Å²) in [6.45, 7) is 51.1. The van der Waals surface area contributed by atoms with E-state index in [0.29, 0.717) is 5.41 Å². The summed E-state index contributed by atoms with van der Waals surface area (Å²) >= 11 is 0. The molecular weight excluding hydrogens is 534 g/mol. The zero-order valence-corrected chi connectivity index (χ0v) is 34.3. The van der Waals surface area contributed by atoms with Gasteiger partial charge in [-0.1, -0.05) is 143 Å². The van der Waals surface area contributed by atoms with Crippen molar-refractivity contribution in [3.63, 3.8) is 0 Å². The Bertz CT molecular complexity index is 678. The molecule has 44 heavy (non-hydrogen) atoms. The van der Waals surface area contributed by atoms with E-state index in [9.17, 15) is 0 Å². The van der Waals surface area contributed by atoms with Gasteiger partial charge in [-0.3, -0.25) is 4.98 Å². The van der Waals surface area contributed by atoms with Gasteiger partial charge in [-0.15, -0.1) is 0 Å². The van der Waals surface area contributed by atoms with Gasteiger partial charge in [0.15, 0.2) is 0 Å². The topological polar surface area (TPSA) is 28.2 Å². The SMILES string of the molecule is C=C(C)NCCC1(C)CCN(C(=C)CC)CC1.CC.CC.CC.CC.CC.CCCCCC(C)C.Cc1ccnc(C)c1C. The lowest BCUT2D eigenvalue weighted by Crippen LogP contribution is -2.39. The Morgan fingerprint density at radius 2 is 1.36 bits per heavy atom. The minimum atomic E-state index is 0.493. The number of pyridine rings is 1. The van der Waals surface area contributed by atoms with E-state index in [-0.39, 0.29) is 0 Å². The van der Waals surface area contributed by atoms with Gasteiger partial charge in [0, 0.05) is 42.9 Å². The molecule has 0 unspecified atom stereocenters. The van der Waals surface area contributed by atoms with Crippen molar-refractivity contribution in [2.75, 3.05) is 19.6 Å². The quantitative estimate of drug-likeness (QED) is 0.263. The molecule has 3 heteroatoms. The molecule has 1 aliphatic rings. The average molecular weight is 622 g/mol. The van der Waals surface area contributed by atoms with E-state index in [1.807, 2.05) is 95.3 Å². The Morgan fingerprint density at radius 1 is 0.886 bits per heavy atom. The minimum Gasteiger partial charge on any atom is -0.389 e. The second-order valence-electron chi connectivity index (χ2n) is 10.9. The highest BCUT2D eigenvalue weighted by atomic mass is 15.1. The summed E-state index contributed by atoms with van der Waals surface area (Å²) in [5.74, 6) is 0.904. The summed E-state index contributed by atoms with van der Waals surface area (Å²) in [7, 11) is 0. The molecule has 0 saturated carbocycles. The fraction of sp³-hybridized carbons (Fsp3) is 0.780. The van der Waals surface area contributed by atoms with E-state index in [1.165, 1.54) is 74.9 Å². The lowest BCUT2D eigenvalue weighted by atomic mass is 9.77. The van der Waals surface area contributed by atoms with Crippen LogP contribution in [0.2, 0.25) is 0 Å². The van der Waals surface area contributed by atoms with Crippen LogP contribution < -0.4 is 5.32 Å². The van der Waals surface area contributed by atoms with Gasteiger partial charge in [-0.2, -0.15) is 0 Å². The van der Waals surface area contributed by atoms with Crippen LogP contribution in [0.15, 0.2) is 36.8 Å².